The molecular weight excluding hydrogens is 292 g/mol. The smallest absolute Gasteiger partial charge is 0.226 e. The van der Waals surface area contributed by atoms with Gasteiger partial charge in [0.05, 0.1) is 5.69 Å². The zero-order valence-electron chi connectivity index (χ0n) is 10.8. The molecule has 3 N–H and O–H groups in total. The van der Waals surface area contributed by atoms with Crippen LogP contribution in [0.4, 0.5) is 5.69 Å². The topological polar surface area (TPSA) is 55.1 Å². The van der Waals surface area contributed by atoms with Gasteiger partial charge in [-0.25, -0.2) is 0 Å². The molecule has 0 saturated heterocycles. The molecule has 1 saturated carbocycles. The molecule has 98 valence electrons. The summed E-state index contributed by atoms with van der Waals surface area (Å²) in [6, 6.07) is 4.06. The van der Waals surface area contributed by atoms with E-state index in [1.54, 1.807) is 0 Å². The molecule has 0 aromatic heterocycles. The summed E-state index contributed by atoms with van der Waals surface area (Å²) in [6.45, 7) is 4.03. The van der Waals surface area contributed by atoms with E-state index in [2.05, 4.69) is 27.3 Å². The average molecular weight is 311 g/mol. The highest BCUT2D eigenvalue weighted by Gasteiger charge is 2.34. The van der Waals surface area contributed by atoms with E-state index >= 15 is 0 Å². The molecule has 1 aromatic rings. The van der Waals surface area contributed by atoms with Gasteiger partial charge >= 0.3 is 0 Å². The summed E-state index contributed by atoms with van der Waals surface area (Å²) in [5.74, 6) is 0.00449. The summed E-state index contributed by atoms with van der Waals surface area (Å²) in [5, 5.41) is 2.96. The first kappa shape index (κ1) is 13.6. The number of benzene rings is 1. The number of carbonyl (C=O) groups excluding carboxylic acids is 1. The molecule has 1 aliphatic rings. The number of halogens is 1. The highest BCUT2D eigenvalue weighted by molar-refractivity contribution is 9.10. The van der Waals surface area contributed by atoms with Crippen LogP contribution in [0.1, 0.15) is 36.8 Å². The Kier molecular flexibility index (Phi) is 3.78. The summed E-state index contributed by atoms with van der Waals surface area (Å²) in [7, 11) is 0. The maximum absolute atomic E-state index is 12.0. The zero-order chi connectivity index (χ0) is 13.3. The van der Waals surface area contributed by atoms with Gasteiger partial charge in [-0.1, -0.05) is 6.07 Å². The fourth-order valence-electron chi connectivity index (χ4n) is 2.39. The number of carbonyl (C=O) groups is 1. The third-order valence-corrected chi connectivity index (χ3v) is 4.18. The molecule has 0 radical (unpaired) electrons. The number of hydrogen-bond acceptors (Lipinski definition) is 2. The Hall–Kier alpha value is -0.870. The molecule has 18 heavy (non-hydrogen) atoms. The molecule has 0 atom stereocenters. The Balaban J connectivity index is 2.07. The van der Waals surface area contributed by atoms with Crippen LogP contribution in [0.3, 0.4) is 0 Å². The van der Waals surface area contributed by atoms with Gasteiger partial charge in [0.25, 0.3) is 0 Å². The molecule has 3 nitrogen and oxygen atoms in total. The molecule has 0 aliphatic heterocycles. The molecule has 1 aliphatic carbocycles. The molecule has 0 heterocycles. The van der Waals surface area contributed by atoms with Crippen LogP contribution in [0, 0.1) is 13.8 Å². The second kappa shape index (κ2) is 5.02. The summed E-state index contributed by atoms with van der Waals surface area (Å²) < 4.78 is 0.924. The van der Waals surface area contributed by atoms with Crippen molar-refractivity contribution in [2.45, 2.75) is 45.1 Å². The van der Waals surface area contributed by atoms with E-state index in [0.717, 1.165) is 35.0 Å². The van der Waals surface area contributed by atoms with Crippen molar-refractivity contribution in [1.29, 1.82) is 0 Å². The zero-order valence-corrected chi connectivity index (χ0v) is 12.4. The maximum atomic E-state index is 12.0. The largest absolute Gasteiger partial charge is 0.325 e. The summed E-state index contributed by atoms with van der Waals surface area (Å²) in [4.78, 5) is 12.0. The van der Waals surface area contributed by atoms with Crippen molar-refractivity contribution in [2.24, 2.45) is 5.73 Å². The van der Waals surface area contributed by atoms with Crippen molar-refractivity contribution in [3.63, 3.8) is 0 Å². The van der Waals surface area contributed by atoms with Crippen LogP contribution in [-0.4, -0.2) is 11.4 Å². The van der Waals surface area contributed by atoms with Gasteiger partial charge in [-0.15, -0.1) is 0 Å². The number of hydrogen-bond donors (Lipinski definition) is 2. The standard InChI is InChI=1S/C14H19BrN2O/c1-9-6-10(2)13(11(15)7-9)17-12(18)8-14(16)4-3-5-14/h6-7H,3-5,8,16H2,1-2H3,(H,17,18). The first-order valence-corrected chi connectivity index (χ1v) is 7.04. The van der Waals surface area contributed by atoms with Crippen LogP contribution in [0.5, 0.6) is 0 Å². The highest BCUT2D eigenvalue weighted by atomic mass is 79.9. The van der Waals surface area contributed by atoms with Crippen LogP contribution >= 0.6 is 15.9 Å². The van der Waals surface area contributed by atoms with Gasteiger partial charge < -0.3 is 11.1 Å². The van der Waals surface area contributed by atoms with E-state index in [4.69, 9.17) is 5.73 Å². The Labute approximate surface area is 116 Å². The summed E-state index contributed by atoms with van der Waals surface area (Å²) in [6.07, 6.45) is 3.45. The van der Waals surface area contributed by atoms with E-state index in [-0.39, 0.29) is 11.4 Å². The van der Waals surface area contributed by atoms with E-state index in [0.29, 0.717) is 6.42 Å². The highest BCUT2D eigenvalue weighted by Crippen LogP contribution is 2.33. The quantitative estimate of drug-likeness (QED) is 0.900. The molecule has 1 amide bonds. The molecular formula is C14H19BrN2O. The number of anilines is 1. The first-order valence-electron chi connectivity index (χ1n) is 6.25. The van der Waals surface area contributed by atoms with Crippen molar-refractivity contribution in [3.05, 3.63) is 27.7 Å². The monoisotopic (exact) mass is 310 g/mol. The van der Waals surface area contributed by atoms with Crippen LogP contribution in [0.25, 0.3) is 0 Å². The first-order chi connectivity index (χ1) is 8.39. The lowest BCUT2D eigenvalue weighted by Crippen LogP contribution is -2.49. The summed E-state index contributed by atoms with van der Waals surface area (Å²) in [5.41, 5.74) is 8.91. The molecule has 2 rings (SSSR count). The molecule has 4 heteroatoms. The number of rotatable bonds is 3. The normalized spacial score (nSPS) is 17.1. The third-order valence-electron chi connectivity index (χ3n) is 3.56. The van der Waals surface area contributed by atoms with Gasteiger partial charge in [-0.2, -0.15) is 0 Å². The fraction of sp³-hybridized carbons (Fsp3) is 0.500. The lowest BCUT2D eigenvalue weighted by molar-refractivity contribution is -0.118. The third kappa shape index (κ3) is 2.93. The van der Waals surface area contributed by atoms with E-state index in [1.165, 1.54) is 5.56 Å². The van der Waals surface area contributed by atoms with Crippen molar-refractivity contribution >= 4 is 27.5 Å². The second-order valence-electron chi connectivity index (χ2n) is 5.38. The van der Waals surface area contributed by atoms with Crippen molar-refractivity contribution in [3.8, 4) is 0 Å². The van der Waals surface area contributed by atoms with E-state index in [1.807, 2.05) is 19.9 Å². The van der Waals surface area contributed by atoms with Crippen LogP contribution in [0.15, 0.2) is 16.6 Å². The van der Waals surface area contributed by atoms with Crippen molar-refractivity contribution < 1.29 is 4.79 Å². The molecule has 1 aromatic carbocycles. The van der Waals surface area contributed by atoms with Gasteiger partial charge in [0, 0.05) is 16.4 Å². The van der Waals surface area contributed by atoms with Crippen LogP contribution < -0.4 is 11.1 Å². The Bertz CT molecular complexity index is 458. The lowest BCUT2D eigenvalue weighted by Gasteiger charge is -2.37. The summed E-state index contributed by atoms with van der Waals surface area (Å²) >= 11 is 3.49. The van der Waals surface area contributed by atoms with Gasteiger partial charge in [0.15, 0.2) is 0 Å². The Morgan fingerprint density at radius 3 is 2.61 bits per heavy atom. The number of nitrogens with two attached hydrogens (primary N) is 1. The second-order valence-corrected chi connectivity index (χ2v) is 6.23. The minimum Gasteiger partial charge on any atom is -0.325 e. The predicted molar refractivity (Wildman–Crippen MR) is 77.6 cm³/mol. The van der Waals surface area contributed by atoms with Crippen LogP contribution in [0.2, 0.25) is 0 Å². The minimum atomic E-state index is -0.269. The minimum absolute atomic E-state index is 0.00449. The van der Waals surface area contributed by atoms with Crippen molar-refractivity contribution in [2.75, 3.05) is 5.32 Å². The van der Waals surface area contributed by atoms with E-state index < -0.39 is 0 Å². The van der Waals surface area contributed by atoms with Crippen molar-refractivity contribution in [1.82, 2.24) is 0 Å². The molecule has 1 fully saturated rings. The molecule has 0 bridgehead atoms. The number of amides is 1. The fourth-order valence-corrected chi connectivity index (χ4v) is 3.16. The maximum Gasteiger partial charge on any atom is 0.226 e. The lowest BCUT2D eigenvalue weighted by atomic mass is 9.75. The van der Waals surface area contributed by atoms with Gasteiger partial charge in [-0.3, -0.25) is 4.79 Å². The van der Waals surface area contributed by atoms with Gasteiger partial charge in [-0.05, 0) is 66.2 Å². The van der Waals surface area contributed by atoms with Gasteiger partial charge in [0.1, 0.15) is 0 Å². The number of aryl methyl sites for hydroxylation is 2. The average Bonchev–Trinajstić information content (AvgIpc) is 2.21. The number of nitrogens with one attached hydrogen (secondary N) is 1. The van der Waals surface area contributed by atoms with Crippen LogP contribution in [-0.2, 0) is 4.79 Å². The Morgan fingerprint density at radius 2 is 2.11 bits per heavy atom. The Morgan fingerprint density at radius 1 is 1.44 bits per heavy atom. The molecule has 0 spiro atoms. The molecule has 0 unspecified atom stereocenters. The SMILES string of the molecule is Cc1cc(C)c(NC(=O)CC2(N)CCC2)c(Br)c1. The van der Waals surface area contributed by atoms with Gasteiger partial charge in [0.2, 0.25) is 5.91 Å². The van der Waals surface area contributed by atoms with E-state index in [9.17, 15) is 4.79 Å². The predicted octanol–water partition coefficient (Wildman–Crippen LogP) is 3.28.